The summed E-state index contributed by atoms with van der Waals surface area (Å²) >= 11 is 0. The maximum Gasteiger partial charge on any atom is 0.0166 e. The van der Waals surface area contributed by atoms with Crippen LogP contribution in [0.1, 0.15) is 47.5 Å². The van der Waals surface area contributed by atoms with Gasteiger partial charge >= 0.3 is 0 Å². The fraction of sp³-hybridized carbons (Fsp3) is 0.833. The molecule has 1 N–H and O–H groups in total. The van der Waals surface area contributed by atoms with Gasteiger partial charge in [0, 0.05) is 12.2 Å². The van der Waals surface area contributed by atoms with E-state index < -0.39 is 0 Å². The summed E-state index contributed by atoms with van der Waals surface area (Å²) in [7, 11) is 0. The van der Waals surface area contributed by atoms with Crippen molar-refractivity contribution in [3.8, 4) is 0 Å². The van der Waals surface area contributed by atoms with E-state index in [0.29, 0.717) is 11.3 Å². The second-order valence-corrected chi connectivity index (χ2v) is 5.44. The molecule has 0 rings (SSSR count). The predicted octanol–water partition coefficient (Wildman–Crippen LogP) is 3.57. The van der Waals surface area contributed by atoms with Gasteiger partial charge in [-0.2, -0.15) is 0 Å². The molecule has 0 amide bonds. The van der Waals surface area contributed by atoms with Gasteiger partial charge in [0.25, 0.3) is 0 Å². The van der Waals surface area contributed by atoms with Crippen LogP contribution >= 0.6 is 0 Å². The molecule has 0 saturated heterocycles. The molecular formula is C12H25N. The van der Waals surface area contributed by atoms with Crippen molar-refractivity contribution in [2.45, 2.75) is 47.5 Å². The number of rotatable bonds is 5. The molecule has 0 aliphatic heterocycles. The van der Waals surface area contributed by atoms with Crippen LogP contribution < -0.4 is 5.32 Å². The lowest BCUT2D eigenvalue weighted by atomic mass is 9.90. The van der Waals surface area contributed by atoms with Crippen molar-refractivity contribution in [3.05, 3.63) is 12.3 Å². The predicted molar refractivity (Wildman–Crippen MR) is 60.7 cm³/mol. The molecule has 0 aromatic carbocycles. The molecule has 0 atom stereocenters. The SMILES string of the molecule is C=C(CCC(C)(C)C)NCC(C)C. The Kier molecular flexibility index (Phi) is 5.12. The zero-order valence-electron chi connectivity index (χ0n) is 9.91. The van der Waals surface area contributed by atoms with Crippen molar-refractivity contribution in [3.63, 3.8) is 0 Å². The Morgan fingerprint density at radius 2 is 1.85 bits per heavy atom. The Morgan fingerprint density at radius 3 is 2.23 bits per heavy atom. The average Bonchev–Trinajstić information content (AvgIpc) is 1.95. The first kappa shape index (κ1) is 12.5. The number of hydrogen-bond donors (Lipinski definition) is 1. The summed E-state index contributed by atoms with van der Waals surface area (Å²) in [5, 5.41) is 3.36. The second kappa shape index (κ2) is 5.31. The molecule has 0 aliphatic carbocycles. The van der Waals surface area contributed by atoms with Crippen LogP contribution in [0.4, 0.5) is 0 Å². The molecule has 78 valence electrons. The molecule has 0 aromatic rings. The quantitative estimate of drug-likeness (QED) is 0.687. The van der Waals surface area contributed by atoms with Gasteiger partial charge in [-0.3, -0.25) is 0 Å². The summed E-state index contributed by atoms with van der Waals surface area (Å²) in [6, 6.07) is 0. The molecule has 0 bridgehead atoms. The van der Waals surface area contributed by atoms with E-state index >= 15 is 0 Å². The van der Waals surface area contributed by atoms with Gasteiger partial charge in [-0.15, -0.1) is 0 Å². The first-order chi connectivity index (χ1) is 5.81. The van der Waals surface area contributed by atoms with E-state index in [2.05, 4.69) is 46.5 Å². The molecule has 0 unspecified atom stereocenters. The smallest absolute Gasteiger partial charge is 0.0166 e. The van der Waals surface area contributed by atoms with Crippen LogP contribution in [-0.4, -0.2) is 6.54 Å². The number of hydrogen-bond acceptors (Lipinski definition) is 1. The fourth-order valence-corrected chi connectivity index (χ4v) is 0.963. The fourth-order valence-electron chi connectivity index (χ4n) is 0.963. The second-order valence-electron chi connectivity index (χ2n) is 5.44. The van der Waals surface area contributed by atoms with Gasteiger partial charge in [0.05, 0.1) is 0 Å². The highest BCUT2D eigenvalue weighted by Crippen LogP contribution is 2.22. The van der Waals surface area contributed by atoms with Gasteiger partial charge in [-0.25, -0.2) is 0 Å². The molecule has 1 heteroatoms. The van der Waals surface area contributed by atoms with Gasteiger partial charge in [0.15, 0.2) is 0 Å². The Bertz CT molecular complexity index is 151. The largest absolute Gasteiger partial charge is 0.389 e. The molecule has 0 fully saturated rings. The van der Waals surface area contributed by atoms with Crippen LogP contribution in [0.15, 0.2) is 12.3 Å². The van der Waals surface area contributed by atoms with E-state index in [1.165, 1.54) is 12.1 Å². The zero-order chi connectivity index (χ0) is 10.5. The Labute approximate surface area is 83.6 Å². The highest BCUT2D eigenvalue weighted by atomic mass is 14.9. The van der Waals surface area contributed by atoms with Gasteiger partial charge in [-0.1, -0.05) is 41.2 Å². The molecule has 0 heterocycles. The van der Waals surface area contributed by atoms with E-state index in [1.807, 2.05) is 0 Å². The summed E-state index contributed by atoms with van der Waals surface area (Å²) in [5.74, 6) is 0.700. The van der Waals surface area contributed by atoms with Crippen molar-refractivity contribution < 1.29 is 0 Å². The molecule has 0 radical (unpaired) electrons. The highest BCUT2D eigenvalue weighted by Gasteiger charge is 2.10. The van der Waals surface area contributed by atoms with Gasteiger partial charge in [0.1, 0.15) is 0 Å². The zero-order valence-corrected chi connectivity index (χ0v) is 9.91. The van der Waals surface area contributed by atoms with Crippen molar-refractivity contribution in [1.29, 1.82) is 0 Å². The Morgan fingerprint density at radius 1 is 1.31 bits per heavy atom. The summed E-state index contributed by atoms with van der Waals surface area (Å²) in [6.45, 7) is 16.3. The monoisotopic (exact) mass is 183 g/mol. The maximum atomic E-state index is 4.02. The van der Waals surface area contributed by atoms with Gasteiger partial charge in [-0.05, 0) is 24.2 Å². The summed E-state index contributed by atoms with van der Waals surface area (Å²) in [4.78, 5) is 0. The lowest BCUT2D eigenvalue weighted by Crippen LogP contribution is -2.19. The van der Waals surface area contributed by atoms with Crippen molar-refractivity contribution in [1.82, 2.24) is 5.32 Å². The van der Waals surface area contributed by atoms with E-state index in [-0.39, 0.29) is 0 Å². The molecule has 0 aromatic heterocycles. The van der Waals surface area contributed by atoms with Crippen LogP contribution in [0.5, 0.6) is 0 Å². The lowest BCUT2D eigenvalue weighted by Gasteiger charge is -2.19. The number of allylic oxidation sites excluding steroid dienone is 1. The maximum absolute atomic E-state index is 4.02. The van der Waals surface area contributed by atoms with Crippen LogP contribution in [0, 0.1) is 11.3 Å². The van der Waals surface area contributed by atoms with E-state index in [9.17, 15) is 0 Å². The average molecular weight is 183 g/mol. The summed E-state index contributed by atoms with van der Waals surface area (Å²) in [6.07, 6.45) is 2.30. The third-order valence-electron chi connectivity index (χ3n) is 1.94. The summed E-state index contributed by atoms with van der Waals surface area (Å²) in [5.41, 5.74) is 1.60. The molecule has 0 aliphatic rings. The summed E-state index contributed by atoms with van der Waals surface area (Å²) < 4.78 is 0. The van der Waals surface area contributed by atoms with E-state index in [0.717, 1.165) is 13.0 Å². The van der Waals surface area contributed by atoms with Crippen molar-refractivity contribution in [2.24, 2.45) is 11.3 Å². The normalized spacial score (nSPS) is 11.8. The Hall–Kier alpha value is -0.460. The lowest BCUT2D eigenvalue weighted by molar-refractivity contribution is 0.373. The Balaban J connectivity index is 3.53. The van der Waals surface area contributed by atoms with Crippen LogP contribution in [0.2, 0.25) is 0 Å². The minimum absolute atomic E-state index is 0.419. The molecule has 13 heavy (non-hydrogen) atoms. The first-order valence-electron chi connectivity index (χ1n) is 5.23. The van der Waals surface area contributed by atoms with Crippen LogP contribution in [0.25, 0.3) is 0 Å². The minimum Gasteiger partial charge on any atom is -0.389 e. The minimum atomic E-state index is 0.419. The highest BCUT2D eigenvalue weighted by molar-refractivity contribution is 4.92. The molecule has 1 nitrogen and oxygen atoms in total. The standard InChI is InChI=1S/C12H25N/c1-10(2)9-13-11(3)7-8-12(4,5)6/h10,13H,3,7-9H2,1-2,4-6H3. The third-order valence-corrected chi connectivity index (χ3v) is 1.94. The van der Waals surface area contributed by atoms with Gasteiger partial charge < -0.3 is 5.32 Å². The third kappa shape index (κ3) is 9.45. The van der Waals surface area contributed by atoms with Crippen molar-refractivity contribution in [2.75, 3.05) is 6.54 Å². The molecule has 0 saturated carbocycles. The molecule has 0 spiro atoms. The van der Waals surface area contributed by atoms with Crippen LogP contribution in [0.3, 0.4) is 0 Å². The molecular weight excluding hydrogens is 158 g/mol. The first-order valence-corrected chi connectivity index (χ1v) is 5.23. The van der Waals surface area contributed by atoms with Crippen LogP contribution in [-0.2, 0) is 0 Å². The van der Waals surface area contributed by atoms with Crippen molar-refractivity contribution >= 4 is 0 Å². The number of nitrogens with one attached hydrogen (secondary N) is 1. The van der Waals surface area contributed by atoms with Gasteiger partial charge in [0.2, 0.25) is 0 Å². The van der Waals surface area contributed by atoms with E-state index in [4.69, 9.17) is 0 Å². The topological polar surface area (TPSA) is 12.0 Å². The van der Waals surface area contributed by atoms with E-state index in [1.54, 1.807) is 0 Å².